The molecule has 0 saturated carbocycles. The normalized spacial score (nSPS) is 16.1. The molecule has 0 atom stereocenters. The van der Waals surface area contributed by atoms with Crippen LogP contribution in [0.4, 0.5) is 0 Å². The van der Waals surface area contributed by atoms with Gasteiger partial charge in [0.05, 0.1) is 18.3 Å². The molecule has 23 heavy (non-hydrogen) atoms. The zero-order valence-corrected chi connectivity index (χ0v) is 14.0. The molecule has 0 N–H and O–H groups in total. The second-order valence-electron chi connectivity index (χ2n) is 6.44. The van der Waals surface area contributed by atoms with Gasteiger partial charge in [-0.15, -0.1) is 0 Å². The van der Waals surface area contributed by atoms with Crippen LogP contribution in [0.15, 0.2) is 33.8 Å². The molecule has 0 aliphatic carbocycles. The van der Waals surface area contributed by atoms with Crippen molar-refractivity contribution in [3.05, 3.63) is 46.8 Å². The minimum absolute atomic E-state index is 0.191. The first-order valence-corrected chi connectivity index (χ1v) is 7.79. The number of hydrogen-bond acceptors (Lipinski definition) is 5. The van der Waals surface area contributed by atoms with Crippen LogP contribution in [0.25, 0.3) is 0 Å². The van der Waals surface area contributed by atoms with Gasteiger partial charge in [0.25, 0.3) is 0 Å². The van der Waals surface area contributed by atoms with Crippen molar-refractivity contribution in [1.29, 1.82) is 0 Å². The van der Waals surface area contributed by atoms with Crippen LogP contribution in [0, 0.1) is 6.92 Å². The lowest BCUT2D eigenvalue weighted by Gasteiger charge is -2.07. The molecule has 0 unspecified atom stereocenters. The Hall–Kier alpha value is -2.30. The number of rotatable bonds is 5. The van der Waals surface area contributed by atoms with E-state index < -0.39 is 0 Å². The monoisotopic (exact) mass is 314 g/mol. The Kier molecular flexibility index (Phi) is 4.11. The summed E-state index contributed by atoms with van der Waals surface area (Å²) in [5.74, 6) is 2.33. The second kappa shape index (κ2) is 6.07. The zero-order valence-electron chi connectivity index (χ0n) is 14.0. The highest BCUT2D eigenvalue weighted by molar-refractivity contribution is 5.97. The molecule has 0 bridgehead atoms. The van der Waals surface area contributed by atoms with Crippen molar-refractivity contribution in [2.45, 2.75) is 39.2 Å². The molecule has 1 aromatic carbocycles. The minimum Gasteiger partial charge on any atom is -0.497 e. The van der Waals surface area contributed by atoms with Gasteiger partial charge in [0.15, 0.2) is 0 Å². The molecule has 1 aliphatic heterocycles. The van der Waals surface area contributed by atoms with Crippen LogP contribution in [-0.4, -0.2) is 30.3 Å². The fourth-order valence-electron chi connectivity index (χ4n) is 2.66. The van der Waals surface area contributed by atoms with E-state index in [1.165, 1.54) is 5.56 Å². The Morgan fingerprint density at radius 2 is 2.09 bits per heavy atom. The molecule has 122 valence electrons. The van der Waals surface area contributed by atoms with Gasteiger partial charge in [0.2, 0.25) is 5.90 Å². The fourth-order valence-corrected chi connectivity index (χ4v) is 2.66. The first kappa shape index (κ1) is 15.6. The summed E-state index contributed by atoms with van der Waals surface area (Å²) >= 11 is 0. The van der Waals surface area contributed by atoms with Gasteiger partial charge in [-0.05, 0) is 44.9 Å². The molecule has 0 saturated heterocycles. The van der Waals surface area contributed by atoms with Crippen molar-refractivity contribution in [3.63, 3.8) is 0 Å². The summed E-state index contributed by atoms with van der Waals surface area (Å²) in [6.45, 7) is 6.62. The van der Waals surface area contributed by atoms with Gasteiger partial charge >= 0.3 is 0 Å². The SMILES string of the molecule is COc1cccc(CCc2onc(C)c2C2=NC(C)(C)CO2)c1. The van der Waals surface area contributed by atoms with E-state index in [0.29, 0.717) is 12.5 Å². The molecule has 5 nitrogen and oxygen atoms in total. The third-order valence-corrected chi connectivity index (χ3v) is 3.89. The largest absolute Gasteiger partial charge is 0.497 e. The Bertz CT molecular complexity index is 732. The van der Waals surface area contributed by atoms with E-state index in [1.54, 1.807) is 7.11 Å². The van der Waals surface area contributed by atoms with Crippen LogP contribution in [0.2, 0.25) is 0 Å². The van der Waals surface area contributed by atoms with Gasteiger partial charge in [-0.1, -0.05) is 17.3 Å². The predicted molar refractivity (Wildman–Crippen MR) is 88.2 cm³/mol. The van der Waals surface area contributed by atoms with E-state index in [2.05, 4.69) is 30.1 Å². The molecule has 2 aromatic rings. The highest BCUT2D eigenvalue weighted by Gasteiger charge is 2.31. The molecule has 0 spiro atoms. The number of ether oxygens (including phenoxy) is 2. The average Bonchev–Trinajstić information content (AvgIpc) is 3.07. The van der Waals surface area contributed by atoms with Crippen molar-refractivity contribution in [2.24, 2.45) is 4.99 Å². The molecule has 0 radical (unpaired) electrons. The van der Waals surface area contributed by atoms with E-state index in [1.807, 2.05) is 25.1 Å². The van der Waals surface area contributed by atoms with Gasteiger partial charge in [0, 0.05) is 6.42 Å². The standard InChI is InChI=1S/C18H22N2O3/c1-12-16(17-19-18(2,3)11-22-17)15(23-20-12)9-8-13-6-5-7-14(10-13)21-4/h5-7,10H,8-9,11H2,1-4H3. The van der Waals surface area contributed by atoms with E-state index in [4.69, 9.17) is 14.0 Å². The lowest BCUT2D eigenvalue weighted by Crippen LogP contribution is -2.17. The summed E-state index contributed by atoms with van der Waals surface area (Å²) in [5.41, 5.74) is 2.72. The van der Waals surface area contributed by atoms with Crippen LogP contribution >= 0.6 is 0 Å². The first-order chi connectivity index (χ1) is 11.0. The third kappa shape index (κ3) is 3.38. The quantitative estimate of drug-likeness (QED) is 0.849. The number of aliphatic imine (C=N–C) groups is 1. The second-order valence-corrected chi connectivity index (χ2v) is 6.44. The molecule has 1 aromatic heterocycles. The summed E-state index contributed by atoms with van der Waals surface area (Å²) in [5, 5.41) is 4.09. The molecule has 5 heteroatoms. The number of methoxy groups -OCH3 is 1. The molecule has 2 heterocycles. The van der Waals surface area contributed by atoms with Crippen molar-refractivity contribution in [1.82, 2.24) is 5.16 Å². The van der Waals surface area contributed by atoms with Crippen LogP contribution in [0.5, 0.6) is 5.75 Å². The van der Waals surface area contributed by atoms with Crippen molar-refractivity contribution >= 4 is 5.90 Å². The molecule has 0 fully saturated rings. The van der Waals surface area contributed by atoms with Crippen LogP contribution in [0.1, 0.15) is 36.4 Å². The number of hydrogen-bond donors (Lipinski definition) is 0. The lowest BCUT2D eigenvalue weighted by molar-refractivity contribution is 0.279. The van der Waals surface area contributed by atoms with Crippen molar-refractivity contribution in [3.8, 4) is 5.75 Å². The minimum atomic E-state index is -0.191. The maximum Gasteiger partial charge on any atom is 0.222 e. The van der Waals surface area contributed by atoms with Crippen LogP contribution in [-0.2, 0) is 17.6 Å². The van der Waals surface area contributed by atoms with Gasteiger partial charge in [0.1, 0.15) is 23.7 Å². The average molecular weight is 314 g/mol. The molecule has 0 amide bonds. The Morgan fingerprint density at radius 1 is 1.26 bits per heavy atom. The molecule has 3 rings (SSSR count). The smallest absolute Gasteiger partial charge is 0.222 e. The number of aromatic nitrogens is 1. The summed E-state index contributed by atoms with van der Waals surface area (Å²) < 4.78 is 16.5. The van der Waals surface area contributed by atoms with Gasteiger partial charge < -0.3 is 14.0 Å². The summed E-state index contributed by atoms with van der Waals surface area (Å²) in [7, 11) is 1.67. The van der Waals surface area contributed by atoms with Gasteiger partial charge in [-0.3, -0.25) is 0 Å². The maximum atomic E-state index is 5.75. The van der Waals surface area contributed by atoms with E-state index >= 15 is 0 Å². The zero-order chi connectivity index (χ0) is 16.4. The summed E-state index contributed by atoms with van der Waals surface area (Å²) in [4.78, 5) is 4.64. The maximum absolute atomic E-state index is 5.75. The number of aryl methyl sites for hydroxylation is 3. The predicted octanol–water partition coefficient (Wildman–Crippen LogP) is 3.33. The summed E-state index contributed by atoms with van der Waals surface area (Å²) in [6.07, 6.45) is 1.58. The third-order valence-electron chi connectivity index (χ3n) is 3.89. The fraction of sp³-hybridized carbons (Fsp3) is 0.444. The number of nitrogens with zero attached hydrogens (tertiary/aromatic N) is 2. The number of benzene rings is 1. The summed E-state index contributed by atoms with van der Waals surface area (Å²) in [6, 6.07) is 8.05. The Balaban J connectivity index is 1.79. The van der Waals surface area contributed by atoms with Crippen molar-refractivity contribution in [2.75, 3.05) is 13.7 Å². The first-order valence-electron chi connectivity index (χ1n) is 7.79. The van der Waals surface area contributed by atoms with E-state index in [0.717, 1.165) is 35.6 Å². The van der Waals surface area contributed by atoms with Gasteiger partial charge in [-0.25, -0.2) is 4.99 Å². The van der Waals surface area contributed by atoms with Gasteiger partial charge in [-0.2, -0.15) is 0 Å². The van der Waals surface area contributed by atoms with Crippen LogP contribution < -0.4 is 4.74 Å². The molecule has 1 aliphatic rings. The lowest BCUT2D eigenvalue weighted by atomic mass is 10.0. The van der Waals surface area contributed by atoms with Crippen molar-refractivity contribution < 1.29 is 14.0 Å². The highest BCUT2D eigenvalue weighted by Crippen LogP contribution is 2.25. The Labute approximate surface area is 136 Å². The van der Waals surface area contributed by atoms with E-state index in [9.17, 15) is 0 Å². The van der Waals surface area contributed by atoms with E-state index in [-0.39, 0.29) is 5.54 Å². The topological polar surface area (TPSA) is 56.9 Å². The Morgan fingerprint density at radius 3 is 2.78 bits per heavy atom. The molecular formula is C18H22N2O3. The highest BCUT2D eigenvalue weighted by atomic mass is 16.5. The molecular weight excluding hydrogens is 292 g/mol. The van der Waals surface area contributed by atoms with Crippen LogP contribution in [0.3, 0.4) is 0 Å².